The Kier molecular flexibility index (Phi) is 7.20. The predicted octanol–water partition coefficient (Wildman–Crippen LogP) is 3.76. The highest BCUT2D eigenvalue weighted by Gasteiger charge is 2.43. The van der Waals surface area contributed by atoms with Gasteiger partial charge in [-0.2, -0.15) is 11.8 Å². The van der Waals surface area contributed by atoms with Gasteiger partial charge in [0.2, 0.25) is 0 Å². The second-order valence-electron chi connectivity index (χ2n) is 6.04. The lowest BCUT2D eigenvalue weighted by Gasteiger charge is -2.54. The van der Waals surface area contributed by atoms with Gasteiger partial charge in [-0.25, -0.2) is 0 Å². The van der Waals surface area contributed by atoms with Gasteiger partial charge in [0.05, 0.1) is 0 Å². The van der Waals surface area contributed by atoms with Gasteiger partial charge in [0, 0.05) is 24.2 Å². The van der Waals surface area contributed by atoms with Gasteiger partial charge in [0.25, 0.3) is 0 Å². The van der Waals surface area contributed by atoms with E-state index in [0.717, 1.165) is 0 Å². The van der Waals surface area contributed by atoms with Crippen molar-refractivity contribution in [3.63, 3.8) is 0 Å². The zero-order chi connectivity index (χ0) is 14.4. The highest BCUT2D eigenvalue weighted by Crippen LogP contribution is 2.33. The van der Waals surface area contributed by atoms with Crippen molar-refractivity contribution in [1.29, 1.82) is 0 Å². The normalized spacial score (nSPS) is 22.6. The molecular weight excluding hydrogens is 252 g/mol. The summed E-state index contributed by atoms with van der Waals surface area (Å²) >= 11 is 1.97. The van der Waals surface area contributed by atoms with E-state index in [1.807, 2.05) is 11.8 Å². The molecule has 0 bridgehead atoms. The van der Waals surface area contributed by atoms with E-state index >= 15 is 0 Å². The molecule has 0 aromatic heterocycles. The van der Waals surface area contributed by atoms with E-state index in [1.54, 1.807) is 0 Å². The molecule has 3 heteroatoms. The fourth-order valence-electron chi connectivity index (χ4n) is 3.44. The Balaban J connectivity index is 2.79. The first kappa shape index (κ1) is 17.3. The Morgan fingerprint density at radius 2 is 1.68 bits per heavy atom. The van der Waals surface area contributed by atoms with Crippen LogP contribution in [0, 0.1) is 0 Å². The van der Waals surface area contributed by atoms with E-state index in [-0.39, 0.29) is 0 Å². The smallest absolute Gasteiger partial charge is 0.0329 e. The van der Waals surface area contributed by atoms with Crippen molar-refractivity contribution < 1.29 is 0 Å². The minimum absolute atomic E-state index is 0.354. The molecule has 0 spiro atoms. The maximum atomic E-state index is 3.90. The Labute approximate surface area is 125 Å². The van der Waals surface area contributed by atoms with Crippen LogP contribution in [0.5, 0.6) is 0 Å². The van der Waals surface area contributed by atoms with Crippen LogP contribution in [0.3, 0.4) is 0 Å². The number of hydrogen-bond acceptors (Lipinski definition) is 3. The topological polar surface area (TPSA) is 15.3 Å². The van der Waals surface area contributed by atoms with Gasteiger partial charge in [-0.3, -0.25) is 4.90 Å². The minimum atomic E-state index is 0.354. The summed E-state index contributed by atoms with van der Waals surface area (Å²) in [5, 5.41) is 3.90. The van der Waals surface area contributed by atoms with Crippen LogP contribution in [0.1, 0.15) is 59.8 Å². The molecule has 1 aliphatic heterocycles. The summed E-state index contributed by atoms with van der Waals surface area (Å²) in [6, 6.07) is 0. The number of piperazine rings is 1. The van der Waals surface area contributed by atoms with Crippen molar-refractivity contribution >= 4 is 11.8 Å². The second kappa shape index (κ2) is 7.90. The summed E-state index contributed by atoms with van der Waals surface area (Å²) in [6.07, 6.45) is 8.55. The second-order valence-corrected chi connectivity index (χ2v) is 7.03. The van der Waals surface area contributed by atoms with Gasteiger partial charge < -0.3 is 5.32 Å². The first-order valence-electron chi connectivity index (χ1n) is 8.11. The lowest BCUT2D eigenvalue weighted by molar-refractivity contribution is -0.00440. The van der Waals surface area contributed by atoms with Gasteiger partial charge in [-0.05, 0) is 50.7 Å². The molecule has 1 fully saturated rings. The molecule has 0 aliphatic carbocycles. The van der Waals surface area contributed by atoms with Crippen LogP contribution in [-0.4, -0.2) is 47.6 Å². The zero-order valence-electron chi connectivity index (χ0n) is 13.7. The van der Waals surface area contributed by atoms with Gasteiger partial charge in [0.15, 0.2) is 0 Å². The van der Waals surface area contributed by atoms with E-state index in [4.69, 9.17) is 0 Å². The van der Waals surface area contributed by atoms with E-state index < -0.39 is 0 Å². The molecule has 1 aliphatic rings. The Bertz CT molecular complexity index is 247. The van der Waals surface area contributed by atoms with E-state index in [0.29, 0.717) is 11.1 Å². The highest BCUT2D eigenvalue weighted by molar-refractivity contribution is 7.98. The Morgan fingerprint density at radius 1 is 1.05 bits per heavy atom. The average Bonchev–Trinajstić information content (AvgIpc) is 2.47. The molecule has 1 heterocycles. The summed E-state index contributed by atoms with van der Waals surface area (Å²) in [6.45, 7) is 13.1. The van der Waals surface area contributed by atoms with Gasteiger partial charge in [0.1, 0.15) is 0 Å². The fraction of sp³-hybridized carbons (Fsp3) is 1.00. The third-order valence-electron chi connectivity index (χ3n) is 5.40. The van der Waals surface area contributed by atoms with Crippen molar-refractivity contribution in [2.24, 2.45) is 0 Å². The Hall–Kier alpha value is 0.270. The standard InChI is InChI=1S/C16H34N2S/c1-6-15(7-2)14-18(11-10-12-19-5)16(8-3,9-4)13-17-15/h17H,6-14H2,1-5H3. The van der Waals surface area contributed by atoms with Crippen LogP contribution < -0.4 is 5.32 Å². The molecule has 1 saturated heterocycles. The molecule has 0 radical (unpaired) electrons. The van der Waals surface area contributed by atoms with E-state index in [1.165, 1.54) is 57.5 Å². The SMILES string of the molecule is CCC1(CC)CN(CCCSC)C(CC)(CC)CN1. The number of thioether (sulfide) groups is 1. The summed E-state index contributed by atoms with van der Waals surface area (Å²) < 4.78 is 0. The third-order valence-corrected chi connectivity index (χ3v) is 6.10. The number of hydrogen-bond donors (Lipinski definition) is 1. The molecule has 0 unspecified atom stereocenters. The lowest BCUT2D eigenvalue weighted by atomic mass is 9.80. The predicted molar refractivity (Wildman–Crippen MR) is 89.2 cm³/mol. The van der Waals surface area contributed by atoms with Crippen molar-refractivity contribution in [1.82, 2.24) is 10.2 Å². The van der Waals surface area contributed by atoms with Crippen LogP contribution in [-0.2, 0) is 0 Å². The van der Waals surface area contributed by atoms with Crippen LogP contribution in [0.2, 0.25) is 0 Å². The number of rotatable bonds is 8. The third kappa shape index (κ3) is 3.89. The summed E-state index contributed by atoms with van der Waals surface area (Å²) in [7, 11) is 0. The molecule has 0 amide bonds. The summed E-state index contributed by atoms with van der Waals surface area (Å²) in [4.78, 5) is 2.81. The van der Waals surface area contributed by atoms with Crippen molar-refractivity contribution in [3.05, 3.63) is 0 Å². The molecular formula is C16H34N2S. The van der Waals surface area contributed by atoms with Gasteiger partial charge in [-0.15, -0.1) is 0 Å². The Morgan fingerprint density at radius 3 is 2.16 bits per heavy atom. The molecule has 1 N–H and O–H groups in total. The zero-order valence-corrected chi connectivity index (χ0v) is 14.5. The van der Waals surface area contributed by atoms with Crippen molar-refractivity contribution in [3.8, 4) is 0 Å². The molecule has 19 heavy (non-hydrogen) atoms. The largest absolute Gasteiger partial charge is 0.308 e. The maximum absolute atomic E-state index is 3.90. The summed E-state index contributed by atoms with van der Waals surface area (Å²) in [5.74, 6) is 1.29. The minimum Gasteiger partial charge on any atom is -0.308 e. The van der Waals surface area contributed by atoms with Gasteiger partial charge >= 0.3 is 0 Å². The van der Waals surface area contributed by atoms with Crippen LogP contribution in [0.4, 0.5) is 0 Å². The van der Waals surface area contributed by atoms with Crippen LogP contribution in [0.25, 0.3) is 0 Å². The van der Waals surface area contributed by atoms with Crippen molar-refractivity contribution in [2.45, 2.75) is 70.9 Å². The molecule has 0 aromatic rings. The quantitative estimate of drug-likeness (QED) is 0.684. The fourth-order valence-corrected chi connectivity index (χ4v) is 3.86. The molecule has 0 atom stereocenters. The number of nitrogens with one attached hydrogen (secondary N) is 1. The van der Waals surface area contributed by atoms with Crippen LogP contribution in [0.15, 0.2) is 0 Å². The number of nitrogens with zero attached hydrogens (tertiary/aromatic N) is 1. The van der Waals surface area contributed by atoms with Crippen molar-refractivity contribution in [2.75, 3.05) is 31.6 Å². The van der Waals surface area contributed by atoms with E-state index in [2.05, 4.69) is 44.2 Å². The maximum Gasteiger partial charge on any atom is 0.0329 e. The van der Waals surface area contributed by atoms with E-state index in [9.17, 15) is 0 Å². The van der Waals surface area contributed by atoms with Gasteiger partial charge in [-0.1, -0.05) is 27.7 Å². The lowest BCUT2D eigenvalue weighted by Crippen LogP contribution is -2.69. The molecule has 0 aromatic carbocycles. The first-order valence-corrected chi connectivity index (χ1v) is 9.50. The monoisotopic (exact) mass is 286 g/mol. The molecule has 0 saturated carbocycles. The molecule has 114 valence electrons. The van der Waals surface area contributed by atoms with Crippen LogP contribution >= 0.6 is 11.8 Å². The molecule has 2 nitrogen and oxygen atoms in total. The average molecular weight is 287 g/mol. The summed E-state index contributed by atoms with van der Waals surface area (Å²) in [5.41, 5.74) is 0.749. The highest BCUT2D eigenvalue weighted by atomic mass is 32.2. The first-order chi connectivity index (χ1) is 9.12. The molecule has 1 rings (SSSR count).